The number of hydrogen-bond donors (Lipinski definition) is 2. The topological polar surface area (TPSA) is 125 Å². The molecule has 1 aromatic carbocycles. The molecule has 2 amide bonds. The summed E-state index contributed by atoms with van der Waals surface area (Å²) in [5.74, 6) is -0.727. The Kier molecular flexibility index (Phi) is 4.48. The molecule has 2 bridgehead atoms. The first-order valence-electron chi connectivity index (χ1n) is 10.1. The normalized spacial score (nSPS) is 29.3. The lowest BCUT2D eigenvalue weighted by Gasteiger charge is -2.27. The highest BCUT2D eigenvalue weighted by atomic mass is 16.5. The number of fused-ring (bicyclic) bond motifs is 1. The largest absolute Gasteiger partial charge is 0.495 e. The van der Waals surface area contributed by atoms with E-state index in [-0.39, 0.29) is 17.9 Å². The highest BCUT2D eigenvalue weighted by Crippen LogP contribution is 2.55. The van der Waals surface area contributed by atoms with Gasteiger partial charge in [0, 0.05) is 13.1 Å². The molecule has 158 valence electrons. The fourth-order valence-corrected chi connectivity index (χ4v) is 5.19. The van der Waals surface area contributed by atoms with Crippen LogP contribution in [0, 0.1) is 11.8 Å². The Hall–Kier alpha value is -2.98. The smallest absolute Gasteiger partial charge is 0.231 e. The van der Waals surface area contributed by atoms with Crippen molar-refractivity contribution in [3.63, 3.8) is 0 Å². The van der Waals surface area contributed by atoms with Crippen molar-refractivity contribution >= 4 is 17.5 Å². The zero-order chi connectivity index (χ0) is 20.9. The number of carbonyl (C=O) groups excluding carboxylic acids is 2. The molecule has 4 atom stereocenters. The molecule has 3 N–H and O–H groups in total. The van der Waals surface area contributed by atoms with E-state index in [1.807, 2.05) is 6.07 Å². The monoisotopic (exact) mass is 412 g/mol. The number of nitrogens with zero attached hydrogens (tertiary/aromatic N) is 4. The minimum absolute atomic E-state index is 0.0343. The summed E-state index contributed by atoms with van der Waals surface area (Å²) in [5, 5.41) is 10.6. The van der Waals surface area contributed by atoms with Crippen LogP contribution in [-0.2, 0) is 14.3 Å². The summed E-state index contributed by atoms with van der Waals surface area (Å²) >= 11 is 0. The van der Waals surface area contributed by atoms with Gasteiger partial charge < -0.3 is 25.4 Å². The van der Waals surface area contributed by atoms with Gasteiger partial charge in [-0.2, -0.15) is 0 Å². The first-order chi connectivity index (χ1) is 14.6. The number of anilines is 1. The van der Waals surface area contributed by atoms with Crippen LogP contribution in [0.1, 0.15) is 12.8 Å². The molecule has 1 aromatic heterocycles. The minimum Gasteiger partial charge on any atom is -0.495 e. The van der Waals surface area contributed by atoms with Crippen LogP contribution in [0.2, 0.25) is 0 Å². The zero-order valence-electron chi connectivity index (χ0n) is 16.7. The van der Waals surface area contributed by atoms with Gasteiger partial charge in [0.1, 0.15) is 18.4 Å². The Balaban J connectivity index is 1.42. The molecule has 0 radical (unpaired) electrons. The fourth-order valence-electron chi connectivity index (χ4n) is 5.19. The Morgan fingerprint density at radius 1 is 1.40 bits per heavy atom. The number of benzene rings is 1. The zero-order valence-corrected chi connectivity index (χ0v) is 16.7. The second-order valence-electron chi connectivity index (χ2n) is 8.05. The average molecular weight is 412 g/mol. The van der Waals surface area contributed by atoms with Gasteiger partial charge in [0.2, 0.25) is 11.8 Å². The quantitative estimate of drug-likeness (QED) is 0.693. The van der Waals surface area contributed by atoms with Crippen molar-refractivity contribution in [3.8, 4) is 11.4 Å². The van der Waals surface area contributed by atoms with Gasteiger partial charge >= 0.3 is 0 Å². The van der Waals surface area contributed by atoms with E-state index in [2.05, 4.69) is 15.5 Å². The third-order valence-corrected chi connectivity index (χ3v) is 6.46. The maximum atomic E-state index is 13.3. The summed E-state index contributed by atoms with van der Waals surface area (Å²) in [7, 11) is 1.55. The highest BCUT2D eigenvalue weighted by molar-refractivity contribution is 5.99. The van der Waals surface area contributed by atoms with Crippen molar-refractivity contribution < 1.29 is 19.1 Å². The molecular formula is C20H24N6O4. The molecule has 3 aliphatic rings. The number of hydrogen-bond acceptors (Lipinski definition) is 7. The van der Waals surface area contributed by atoms with Gasteiger partial charge in [0.25, 0.3) is 0 Å². The lowest BCUT2D eigenvalue weighted by Crippen LogP contribution is -2.43. The van der Waals surface area contributed by atoms with Crippen molar-refractivity contribution in [3.05, 3.63) is 30.9 Å². The number of carbonyl (C=O) groups is 2. The molecule has 0 saturated carbocycles. The molecule has 10 nitrogen and oxygen atoms in total. The molecule has 3 fully saturated rings. The number of rotatable bonds is 6. The number of methoxy groups -OCH3 is 1. The van der Waals surface area contributed by atoms with Gasteiger partial charge in [-0.3, -0.25) is 14.2 Å². The van der Waals surface area contributed by atoms with Crippen molar-refractivity contribution in [2.75, 3.05) is 32.1 Å². The molecule has 3 aliphatic heterocycles. The van der Waals surface area contributed by atoms with Crippen molar-refractivity contribution in [1.29, 1.82) is 0 Å². The van der Waals surface area contributed by atoms with E-state index in [1.165, 1.54) is 0 Å². The van der Waals surface area contributed by atoms with E-state index in [0.29, 0.717) is 31.1 Å². The number of nitrogens with one attached hydrogen (secondary N) is 1. The van der Waals surface area contributed by atoms with E-state index >= 15 is 0 Å². The predicted octanol–water partition coefficient (Wildman–Crippen LogP) is 0.179. The molecule has 0 aliphatic carbocycles. The van der Waals surface area contributed by atoms with Crippen LogP contribution < -0.4 is 15.8 Å². The number of likely N-dealkylation sites (tertiary alicyclic amines) is 1. The Labute approximate surface area is 173 Å². The molecule has 0 unspecified atom stereocenters. The third kappa shape index (κ3) is 2.78. The number of ether oxygens (including phenoxy) is 2. The van der Waals surface area contributed by atoms with Crippen LogP contribution in [0.3, 0.4) is 0 Å². The number of nitrogens with two attached hydrogens (primary N) is 1. The molecule has 5 rings (SSSR count). The maximum Gasteiger partial charge on any atom is 0.231 e. The van der Waals surface area contributed by atoms with E-state index < -0.39 is 17.4 Å². The van der Waals surface area contributed by atoms with Crippen LogP contribution >= 0.6 is 0 Å². The van der Waals surface area contributed by atoms with E-state index in [1.54, 1.807) is 41.4 Å². The molecule has 1 spiro atoms. The second kappa shape index (κ2) is 7.06. The van der Waals surface area contributed by atoms with Gasteiger partial charge in [0.15, 0.2) is 0 Å². The van der Waals surface area contributed by atoms with E-state index in [4.69, 9.17) is 15.2 Å². The van der Waals surface area contributed by atoms with E-state index in [9.17, 15) is 9.59 Å². The Bertz CT molecular complexity index is 980. The molecule has 3 saturated heterocycles. The SMILES string of the molecule is COc1ccc(-n2cnnc2)cc1NC(=O)[C@H]1[C@@H]2CC[C@@]3(CN(CCN)C(=O)[C@@H]13)O2. The lowest BCUT2D eigenvalue weighted by molar-refractivity contribution is -0.136. The number of amides is 2. The van der Waals surface area contributed by atoms with Crippen LogP contribution in [0.15, 0.2) is 30.9 Å². The van der Waals surface area contributed by atoms with Crippen molar-refractivity contribution in [2.45, 2.75) is 24.5 Å². The lowest BCUT2D eigenvalue weighted by atomic mass is 9.73. The highest BCUT2D eigenvalue weighted by Gasteiger charge is 2.68. The predicted molar refractivity (Wildman–Crippen MR) is 106 cm³/mol. The van der Waals surface area contributed by atoms with Crippen molar-refractivity contribution in [2.24, 2.45) is 17.6 Å². The summed E-state index contributed by atoms with van der Waals surface area (Å²) in [6.07, 6.45) is 4.47. The van der Waals surface area contributed by atoms with Gasteiger partial charge in [-0.05, 0) is 31.0 Å². The molecule has 10 heteroatoms. The third-order valence-electron chi connectivity index (χ3n) is 6.46. The van der Waals surface area contributed by atoms with Crippen LogP contribution in [0.5, 0.6) is 5.75 Å². The van der Waals surface area contributed by atoms with Gasteiger partial charge in [-0.1, -0.05) is 0 Å². The summed E-state index contributed by atoms with van der Waals surface area (Å²) < 4.78 is 13.4. The summed E-state index contributed by atoms with van der Waals surface area (Å²) in [5.41, 5.74) is 6.40. The van der Waals surface area contributed by atoms with Crippen LogP contribution in [0.25, 0.3) is 5.69 Å². The van der Waals surface area contributed by atoms with Gasteiger partial charge in [-0.15, -0.1) is 10.2 Å². The molecular weight excluding hydrogens is 388 g/mol. The van der Waals surface area contributed by atoms with Crippen LogP contribution in [-0.4, -0.2) is 69.9 Å². The van der Waals surface area contributed by atoms with Gasteiger partial charge in [0.05, 0.1) is 48.6 Å². The maximum absolute atomic E-state index is 13.3. The standard InChI is InChI=1S/C20H24N6O4/c1-29-14-3-2-12(26-10-22-23-11-26)8-13(14)24-18(27)16-15-4-5-20(30-15)9-25(7-6-21)19(28)17(16)20/h2-3,8,10-11,15-17H,4-7,9,21H2,1H3,(H,24,27)/t15-,16-,17+,20-/m0/s1. The molecule has 4 heterocycles. The average Bonchev–Trinajstić information content (AvgIpc) is 3.51. The Morgan fingerprint density at radius 3 is 2.93 bits per heavy atom. The summed E-state index contributed by atoms with van der Waals surface area (Å²) in [6, 6.07) is 5.41. The molecule has 30 heavy (non-hydrogen) atoms. The first kappa shape index (κ1) is 19.0. The van der Waals surface area contributed by atoms with E-state index in [0.717, 1.165) is 18.5 Å². The van der Waals surface area contributed by atoms with Gasteiger partial charge in [-0.25, -0.2) is 0 Å². The summed E-state index contributed by atoms with van der Waals surface area (Å²) in [6.45, 7) is 1.39. The minimum atomic E-state index is -0.562. The first-order valence-corrected chi connectivity index (χ1v) is 10.1. The molecule has 2 aromatic rings. The summed E-state index contributed by atoms with van der Waals surface area (Å²) in [4.78, 5) is 28.1. The Morgan fingerprint density at radius 2 is 2.20 bits per heavy atom. The van der Waals surface area contributed by atoms with Crippen LogP contribution in [0.4, 0.5) is 5.69 Å². The number of aromatic nitrogens is 3. The second-order valence-corrected chi connectivity index (χ2v) is 8.05. The fraction of sp³-hybridized carbons (Fsp3) is 0.500. The van der Waals surface area contributed by atoms with Crippen molar-refractivity contribution in [1.82, 2.24) is 19.7 Å².